The number of hydrogen-bond donors (Lipinski definition) is 3. The van der Waals surface area contributed by atoms with Crippen molar-refractivity contribution < 1.29 is 14.6 Å². The second-order valence-corrected chi connectivity index (χ2v) is 7.64. The van der Waals surface area contributed by atoms with Gasteiger partial charge in [-0.2, -0.15) is 5.10 Å². The van der Waals surface area contributed by atoms with Crippen LogP contribution in [-0.2, 0) is 6.54 Å². The zero-order valence-corrected chi connectivity index (χ0v) is 17.3. The van der Waals surface area contributed by atoms with Gasteiger partial charge in [0.05, 0.1) is 26.1 Å². The van der Waals surface area contributed by atoms with Crippen LogP contribution in [0.2, 0.25) is 0 Å². The summed E-state index contributed by atoms with van der Waals surface area (Å²) in [7, 11) is 3.29. The zero-order valence-electron chi connectivity index (χ0n) is 17.3. The maximum absolute atomic E-state index is 11.0. The van der Waals surface area contributed by atoms with Crippen LogP contribution >= 0.6 is 0 Å². The minimum absolute atomic E-state index is 0.622. The summed E-state index contributed by atoms with van der Waals surface area (Å²) in [6, 6.07) is 13.8. The number of hydrogen-bond acceptors (Lipinski definition) is 6. The Morgan fingerprint density at radius 1 is 1.17 bits per heavy atom. The van der Waals surface area contributed by atoms with E-state index in [1.54, 1.807) is 20.4 Å². The van der Waals surface area contributed by atoms with Gasteiger partial charge in [0.2, 0.25) is 0 Å². The number of nitrogens with one attached hydrogen (secondary N) is 2. The number of aromatic nitrogens is 2. The van der Waals surface area contributed by atoms with Gasteiger partial charge in [-0.05, 0) is 54.2 Å². The van der Waals surface area contributed by atoms with Crippen molar-refractivity contribution in [1.29, 1.82) is 0 Å². The van der Waals surface area contributed by atoms with Gasteiger partial charge in [0, 0.05) is 24.8 Å². The van der Waals surface area contributed by atoms with Gasteiger partial charge in [-0.3, -0.25) is 10.00 Å². The van der Waals surface area contributed by atoms with Crippen molar-refractivity contribution in [3.63, 3.8) is 0 Å². The van der Waals surface area contributed by atoms with Crippen molar-refractivity contribution in [3.8, 4) is 22.6 Å². The molecule has 7 nitrogen and oxygen atoms in total. The first kappa shape index (κ1) is 20.3. The lowest BCUT2D eigenvalue weighted by Gasteiger charge is -2.29. The van der Waals surface area contributed by atoms with E-state index < -0.39 is 6.35 Å². The molecule has 7 heteroatoms. The molecule has 0 bridgehead atoms. The van der Waals surface area contributed by atoms with Crippen LogP contribution in [0.15, 0.2) is 54.9 Å². The van der Waals surface area contributed by atoms with Crippen molar-refractivity contribution in [2.24, 2.45) is 5.92 Å². The number of methoxy groups -OCH3 is 2. The third-order valence-corrected chi connectivity index (χ3v) is 5.37. The monoisotopic (exact) mass is 408 g/mol. The fraction of sp³-hybridized carbons (Fsp3) is 0.348. The molecular formula is C23H28N4O3. The van der Waals surface area contributed by atoms with Gasteiger partial charge in [-0.15, -0.1) is 0 Å². The molecule has 4 rings (SSSR count). The highest BCUT2D eigenvalue weighted by molar-refractivity contribution is 5.70. The average Bonchev–Trinajstić information content (AvgIpc) is 3.42. The predicted octanol–water partition coefficient (Wildman–Crippen LogP) is 3.69. The molecule has 3 N–H and O–H groups in total. The largest absolute Gasteiger partial charge is 0.497 e. The Bertz CT molecular complexity index is 957. The predicted molar refractivity (Wildman–Crippen MR) is 116 cm³/mol. The Hall–Kier alpha value is -3.03. The zero-order chi connectivity index (χ0) is 20.9. The lowest BCUT2D eigenvalue weighted by atomic mass is 10.1. The molecule has 1 aliphatic rings. The third kappa shape index (κ3) is 4.93. The van der Waals surface area contributed by atoms with Crippen molar-refractivity contribution in [2.75, 3.05) is 26.1 Å². The number of aromatic amines is 1. The summed E-state index contributed by atoms with van der Waals surface area (Å²) in [4.78, 5) is 2.05. The van der Waals surface area contributed by atoms with E-state index in [-0.39, 0.29) is 0 Å². The third-order valence-electron chi connectivity index (χ3n) is 5.37. The van der Waals surface area contributed by atoms with Gasteiger partial charge >= 0.3 is 0 Å². The number of aliphatic hydroxyl groups is 1. The summed E-state index contributed by atoms with van der Waals surface area (Å²) in [5.74, 6) is 2.12. The van der Waals surface area contributed by atoms with E-state index in [1.807, 2.05) is 42.6 Å². The Morgan fingerprint density at radius 3 is 2.73 bits per heavy atom. The highest BCUT2D eigenvalue weighted by Gasteiger charge is 2.28. The van der Waals surface area contributed by atoms with Crippen LogP contribution in [-0.4, -0.2) is 47.3 Å². The summed E-state index contributed by atoms with van der Waals surface area (Å²) >= 11 is 0. The Balaban J connectivity index is 1.50. The second kappa shape index (κ2) is 9.19. The molecule has 158 valence electrons. The topological polar surface area (TPSA) is 82.6 Å². The summed E-state index contributed by atoms with van der Waals surface area (Å²) in [6.45, 7) is 1.46. The van der Waals surface area contributed by atoms with Crippen LogP contribution in [0.5, 0.6) is 11.5 Å². The normalized spacial score (nSPS) is 14.5. The van der Waals surface area contributed by atoms with Crippen LogP contribution in [0.1, 0.15) is 18.4 Å². The van der Waals surface area contributed by atoms with Crippen LogP contribution in [0.25, 0.3) is 11.1 Å². The highest BCUT2D eigenvalue weighted by atomic mass is 16.5. The lowest BCUT2D eigenvalue weighted by Crippen LogP contribution is -2.41. The Labute approximate surface area is 176 Å². The van der Waals surface area contributed by atoms with E-state index in [1.165, 1.54) is 12.8 Å². The SMILES string of the molecule is COc1cccc(CN(CC2CC2)C(O)Nc2ccc(-c3cn[nH]c3)cc2OC)c1. The van der Waals surface area contributed by atoms with Crippen LogP contribution in [0, 0.1) is 5.92 Å². The summed E-state index contributed by atoms with van der Waals surface area (Å²) < 4.78 is 10.9. The second-order valence-electron chi connectivity index (χ2n) is 7.64. The molecule has 1 fully saturated rings. The maximum Gasteiger partial charge on any atom is 0.184 e. The minimum atomic E-state index is -0.842. The van der Waals surface area contributed by atoms with Crippen LogP contribution < -0.4 is 14.8 Å². The number of benzene rings is 2. The summed E-state index contributed by atoms with van der Waals surface area (Å²) in [5, 5.41) is 21.0. The Kier molecular flexibility index (Phi) is 6.21. The number of anilines is 1. The van der Waals surface area contributed by atoms with Gasteiger partial charge in [0.1, 0.15) is 11.5 Å². The van der Waals surface area contributed by atoms with Crippen LogP contribution in [0.3, 0.4) is 0 Å². The Morgan fingerprint density at radius 2 is 2.03 bits per heavy atom. The minimum Gasteiger partial charge on any atom is -0.497 e. The summed E-state index contributed by atoms with van der Waals surface area (Å²) in [6.07, 6.45) is 5.18. The number of rotatable bonds is 10. The van der Waals surface area contributed by atoms with Crippen LogP contribution in [0.4, 0.5) is 5.69 Å². The molecule has 0 amide bonds. The molecule has 1 aliphatic carbocycles. The van der Waals surface area contributed by atoms with Crippen molar-refractivity contribution in [3.05, 3.63) is 60.4 Å². The van der Waals surface area contributed by atoms with E-state index >= 15 is 0 Å². The van der Waals surface area contributed by atoms with E-state index in [9.17, 15) is 5.11 Å². The van der Waals surface area contributed by atoms with E-state index in [4.69, 9.17) is 9.47 Å². The van der Waals surface area contributed by atoms with Gasteiger partial charge in [-0.25, -0.2) is 0 Å². The quantitative estimate of drug-likeness (QED) is 0.444. The smallest absolute Gasteiger partial charge is 0.184 e. The molecule has 1 heterocycles. The van der Waals surface area contributed by atoms with Crippen molar-refractivity contribution >= 4 is 5.69 Å². The van der Waals surface area contributed by atoms with Gasteiger partial charge < -0.3 is 19.9 Å². The molecular weight excluding hydrogens is 380 g/mol. The molecule has 0 aliphatic heterocycles. The molecule has 1 atom stereocenters. The number of H-pyrrole nitrogens is 1. The first-order valence-corrected chi connectivity index (χ1v) is 10.1. The average molecular weight is 409 g/mol. The van der Waals surface area contributed by atoms with Crippen molar-refractivity contribution in [2.45, 2.75) is 25.7 Å². The van der Waals surface area contributed by atoms with E-state index in [0.717, 1.165) is 34.7 Å². The fourth-order valence-electron chi connectivity index (χ4n) is 3.52. The highest BCUT2D eigenvalue weighted by Crippen LogP contribution is 2.33. The molecule has 1 unspecified atom stereocenters. The van der Waals surface area contributed by atoms with Crippen molar-refractivity contribution in [1.82, 2.24) is 15.1 Å². The molecule has 3 aromatic rings. The molecule has 1 saturated carbocycles. The van der Waals surface area contributed by atoms with Gasteiger partial charge in [-0.1, -0.05) is 18.2 Å². The molecule has 0 spiro atoms. The standard InChI is InChI=1S/C23H28N4O3/c1-29-20-5-3-4-17(10-20)15-27(14-16-6-7-16)23(28)26-21-9-8-18(11-22(21)30-2)19-12-24-25-13-19/h3-5,8-13,16,23,26,28H,6-7,14-15H2,1-2H3,(H,24,25). The molecule has 2 aromatic carbocycles. The number of ether oxygens (including phenoxy) is 2. The van der Waals surface area contributed by atoms with E-state index in [0.29, 0.717) is 18.2 Å². The van der Waals surface area contributed by atoms with Gasteiger partial charge in [0.25, 0.3) is 0 Å². The maximum atomic E-state index is 11.0. The number of nitrogens with zero attached hydrogens (tertiary/aromatic N) is 2. The fourth-order valence-corrected chi connectivity index (χ4v) is 3.52. The molecule has 0 saturated heterocycles. The summed E-state index contributed by atoms with van der Waals surface area (Å²) in [5.41, 5.74) is 3.81. The molecule has 30 heavy (non-hydrogen) atoms. The first-order chi connectivity index (χ1) is 14.7. The lowest BCUT2D eigenvalue weighted by molar-refractivity contribution is 0.0164. The number of aliphatic hydroxyl groups excluding tert-OH is 1. The van der Waals surface area contributed by atoms with Gasteiger partial charge in [0.15, 0.2) is 6.35 Å². The molecule has 1 aromatic heterocycles. The first-order valence-electron chi connectivity index (χ1n) is 10.1. The van der Waals surface area contributed by atoms with E-state index in [2.05, 4.69) is 26.5 Å². The molecule has 0 radical (unpaired) electrons.